The quantitative estimate of drug-likeness (QED) is 0.588. The van der Waals surface area contributed by atoms with Crippen LogP contribution in [0.5, 0.6) is 0 Å². The molecule has 3 aromatic rings. The van der Waals surface area contributed by atoms with Gasteiger partial charge in [-0.25, -0.2) is 13.4 Å². The van der Waals surface area contributed by atoms with Crippen LogP contribution in [0.3, 0.4) is 0 Å². The highest BCUT2D eigenvalue weighted by Gasteiger charge is 2.25. The van der Waals surface area contributed by atoms with E-state index < -0.39 is 15.7 Å². The highest BCUT2D eigenvalue weighted by Crippen LogP contribution is 2.29. The number of sulfone groups is 1. The second-order valence-electron chi connectivity index (χ2n) is 5.85. The molecule has 0 aliphatic rings. The summed E-state index contributed by atoms with van der Waals surface area (Å²) in [4.78, 5) is 19.1. The van der Waals surface area contributed by atoms with Gasteiger partial charge in [-0.3, -0.25) is 9.69 Å². The lowest BCUT2D eigenvalue weighted by molar-refractivity contribution is 0.0986. The summed E-state index contributed by atoms with van der Waals surface area (Å²) in [5.74, 6) is -0.426. The molecule has 1 aromatic heterocycles. The molecule has 2 aromatic carbocycles. The zero-order valence-corrected chi connectivity index (χ0v) is 16.3. The van der Waals surface area contributed by atoms with Crippen LogP contribution in [-0.2, 0) is 9.84 Å². The van der Waals surface area contributed by atoms with Crippen molar-refractivity contribution < 1.29 is 13.2 Å². The molecule has 0 radical (unpaired) electrons. The summed E-state index contributed by atoms with van der Waals surface area (Å²) in [5.41, 5.74) is 1.83. The van der Waals surface area contributed by atoms with Gasteiger partial charge in [-0.2, -0.15) is 0 Å². The van der Waals surface area contributed by atoms with Crippen LogP contribution in [0.4, 0.5) is 5.13 Å². The molecule has 0 atom stereocenters. The molecule has 1 heterocycles. The average Bonchev–Trinajstić information content (AvgIpc) is 3.15. The number of hydrogen-bond acceptors (Lipinski definition) is 5. The SMILES string of the molecule is C=CCN(C(=O)c1ccccc1S(C)(=O)=O)c1nc(-c2ccccc2)cs1. The maximum atomic E-state index is 13.1. The minimum Gasteiger partial charge on any atom is -0.280 e. The first kappa shape index (κ1) is 19.0. The number of nitrogens with zero attached hydrogens (tertiary/aromatic N) is 2. The number of carbonyl (C=O) groups excluding carboxylic acids is 1. The number of carbonyl (C=O) groups is 1. The van der Waals surface area contributed by atoms with E-state index in [-0.39, 0.29) is 17.0 Å². The van der Waals surface area contributed by atoms with Crippen LogP contribution in [-0.4, -0.2) is 32.1 Å². The summed E-state index contributed by atoms with van der Waals surface area (Å²) in [5, 5.41) is 2.36. The van der Waals surface area contributed by atoms with E-state index >= 15 is 0 Å². The van der Waals surface area contributed by atoms with Crippen LogP contribution in [0.15, 0.2) is 77.5 Å². The Balaban J connectivity index is 2.02. The van der Waals surface area contributed by atoms with E-state index in [1.807, 2.05) is 35.7 Å². The lowest BCUT2D eigenvalue weighted by atomic mass is 10.2. The molecule has 0 N–H and O–H groups in total. The van der Waals surface area contributed by atoms with Crippen molar-refractivity contribution in [1.29, 1.82) is 0 Å². The topological polar surface area (TPSA) is 67.3 Å². The van der Waals surface area contributed by atoms with Crippen LogP contribution in [0.1, 0.15) is 10.4 Å². The van der Waals surface area contributed by atoms with E-state index in [0.29, 0.717) is 5.13 Å². The largest absolute Gasteiger partial charge is 0.280 e. The van der Waals surface area contributed by atoms with Crippen molar-refractivity contribution >= 4 is 32.2 Å². The molecule has 0 saturated carbocycles. The van der Waals surface area contributed by atoms with E-state index in [4.69, 9.17) is 0 Å². The lowest BCUT2D eigenvalue weighted by Crippen LogP contribution is -2.32. The molecule has 7 heteroatoms. The van der Waals surface area contributed by atoms with Crippen molar-refractivity contribution in [2.45, 2.75) is 4.90 Å². The van der Waals surface area contributed by atoms with Crippen molar-refractivity contribution in [2.24, 2.45) is 0 Å². The molecule has 0 bridgehead atoms. The number of benzene rings is 2. The standard InChI is InChI=1S/C20H18N2O3S2/c1-3-13-22(19(23)16-11-7-8-12-18(16)27(2,24)25)20-21-17(14-26-20)15-9-5-4-6-10-15/h3-12,14H,1,13H2,2H3. The van der Waals surface area contributed by atoms with Gasteiger partial charge in [0.1, 0.15) is 0 Å². The van der Waals surface area contributed by atoms with Gasteiger partial charge in [0, 0.05) is 23.7 Å². The summed E-state index contributed by atoms with van der Waals surface area (Å²) in [6.45, 7) is 3.92. The molecule has 0 aliphatic heterocycles. The molecule has 0 spiro atoms. The second-order valence-corrected chi connectivity index (χ2v) is 8.67. The van der Waals surface area contributed by atoms with Gasteiger partial charge in [-0.1, -0.05) is 48.5 Å². The molecule has 3 rings (SSSR count). The Labute approximate surface area is 162 Å². The fourth-order valence-electron chi connectivity index (χ4n) is 2.62. The van der Waals surface area contributed by atoms with Crippen LogP contribution in [0.2, 0.25) is 0 Å². The van der Waals surface area contributed by atoms with E-state index in [9.17, 15) is 13.2 Å². The van der Waals surface area contributed by atoms with Gasteiger partial charge in [-0.15, -0.1) is 17.9 Å². The molecule has 0 unspecified atom stereocenters. The Morgan fingerprint density at radius 2 is 1.81 bits per heavy atom. The predicted molar refractivity (Wildman–Crippen MR) is 109 cm³/mol. The molecular formula is C20H18N2O3S2. The van der Waals surface area contributed by atoms with Gasteiger partial charge in [-0.05, 0) is 12.1 Å². The Kier molecular flexibility index (Phi) is 5.53. The molecule has 0 aliphatic carbocycles. The summed E-state index contributed by atoms with van der Waals surface area (Å²) in [6, 6.07) is 15.8. The van der Waals surface area contributed by atoms with E-state index in [1.165, 1.54) is 28.4 Å². The van der Waals surface area contributed by atoms with Crippen LogP contribution >= 0.6 is 11.3 Å². The van der Waals surface area contributed by atoms with Gasteiger partial charge < -0.3 is 0 Å². The van der Waals surface area contributed by atoms with Crippen molar-refractivity contribution in [3.05, 3.63) is 78.2 Å². The molecule has 0 saturated heterocycles. The Hall–Kier alpha value is -2.77. The number of anilines is 1. The first-order chi connectivity index (χ1) is 12.9. The normalized spacial score (nSPS) is 11.1. The first-order valence-electron chi connectivity index (χ1n) is 8.14. The Bertz CT molecular complexity index is 1070. The molecule has 1 amide bonds. The summed E-state index contributed by atoms with van der Waals surface area (Å²) < 4.78 is 24.1. The minimum absolute atomic E-state index is 0.00361. The summed E-state index contributed by atoms with van der Waals surface area (Å²) in [6.07, 6.45) is 2.68. The third kappa shape index (κ3) is 4.15. The van der Waals surface area contributed by atoms with Crippen molar-refractivity contribution in [1.82, 2.24) is 4.98 Å². The minimum atomic E-state index is -3.54. The van der Waals surface area contributed by atoms with E-state index in [0.717, 1.165) is 17.5 Å². The maximum absolute atomic E-state index is 13.1. The van der Waals surface area contributed by atoms with Crippen molar-refractivity contribution in [2.75, 3.05) is 17.7 Å². The Morgan fingerprint density at radius 1 is 1.15 bits per heavy atom. The van der Waals surface area contributed by atoms with Crippen molar-refractivity contribution in [3.63, 3.8) is 0 Å². The molecule has 27 heavy (non-hydrogen) atoms. The third-order valence-corrected chi connectivity index (χ3v) is 5.88. The lowest BCUT2D eigenvalue weighted by Gasteiger charge is -2.19. The number of amides is 1. The van der Waals surface area contributed by atoms with Gasteiger partial charge >= 0.3 is 0 Å². The maximum Gasteiger partial charge on any atom is 0.261 e. The first-order valence-corrected chi connectivity index (χ1v) is 10.9. The third-order valence-electron chi connectivity index (χ3n) is 3.87. The fraction of sp³-hybridized carbons (Fsp3) is 0.100. The molecular weight excluding hydrogens is 380 g/mol. The summed E-state index contributed by atoms with van der Waals surface area (Å²) >= 11 is 1.33. The van der Waals surface area contributed by atoms with Gasteiger partial charge in [0.05, 0.1) is 16.2 Å². The Morgan fingerprint density at radius 3 is 2.48 bits per heavy atom. The van der Waals surface area contributed by atoms with Crippen molar-refractivity contribution in [3.8, 4) is 11.3 Å². The van der Waals surface area contributed by atoms with Crippen LogP contribution < -0.4 is 4.90 Å². The smallest absolute Gasteiger partial charge is 0.261 e. The molecule has 138 valence electrons. The van der Waals surface area contributed by atoms with Crippen LogP contribution in [0.25, 0.3) is 11.3 Å². The van der Waals surface area contributed by atoms with Crippen LogP contribution in [0, 0.1) is 0 Å². The molecule has 0 fully saturated rings. The highest BCUT2D eigenvalue weighted by atomic mass is 32.2. The number of rotatable bonds is 6. The zero-order chi connectivity index (χ0) is 19.4. The van der Waals surface area contributed by atoms with E-state index in [2.05, 4.69) is 11.6 Å². The molecule has 5 nitrogen and oxygen atoms in total. The highest BCUT2D eigenvalue weighted by molar-refractivity contribution is 7.90. The zero-order valence-electron chi connectivity index (χ0n) is 14.7. The number of aromatic nitrogens is 1. The van der Waals surface area contributed by atoms with E-state index in [1.54, 1.807) is 18.2 Å². The summed E-state index contributed by atoms with van der Waals surface area (Å²) in [7, 11) is -3.54. The number of hydrogen-bond donors (Lipinski definition) is 0. The van der Waals surface area contributed by atoms with Gasteiger partial charge in [0.2, 0.25) is 0 Å². The number of thiazole rings is 1. The van der Waals surface area contributed by atoms with Gasteiger partial charge in [0.25, 0.3) is 5.91 Å². The average molecular weight is 399 g/mol. The van der Waals surface area contributed by atoms with Gasteiger partial charge in [0.15, 0.2) is 15.0 Å². The second kappa shape index (κ2) is 7.85. The predicted octanol–water partition coefficient (Wildman–Crippen LogP) is 4.05. The fourth-order valence-corrected chi connectivity index (χ4v) is 4.34. The monoisotopic (exact) mass is 398 g/mol.